The standard InChI is InChI=1S/C14H22BrNO/c1-9(2)11-8-14(17-4)12(7-13(11)15)10(3)5-6-16/h7-10H,5-6,16H2,1-4H3. The molecule has 2 N–H and O–H groups in total. The first-order valence-corrected chi connectivity index (χ1v) is 6.87. The molecular formula is C14H22BrNO. The van der Waals surface area contributed by atoms with Crippen molar-refractivity contribution in [3.63, 3.8) is 0 Å². The summed E-state index contributed by atoms with van der Waals surface area (Å²) in [6, 6.07) is 4.31. The van der Waals surface area contributed by atoms with Gasteiger partial charge in [-0.2, -0.15) is 0 Å². The highest BCUT2D eigenvalue weighted by molar-refractivity contribution is 9.10. The quantitative estimate of drug-likeness (QED) is 0.891. The van der Waals surface area contributed by atoms with Gasteiger partial charge in [0.25, 0.3) is 0 Å². The molecule has 0 saturated heterocycles. The molecule has 3 heteroatoms. The minimum absolute atomic E-state index is 0.424. The maximum absolute atomic E-state index is 5.62. The molecule has 1 atom stereocenters. The molecule has 0 spiro atoms. The van der Waals surface area contributed by atoms with Gasteiger partial charge in [0.05, 0.1) is 7.11 Å². The van der Waals surface area contributed by atoms with E-state index in [-0.39, 0.29) is 0 Å². The molecule has 1 aromatic rings. The second-order valence-corrected chi connectivity index (χ2v) is 5.60. The van der Waals surface area contributed by atoms with Crippen molar-refractivity contribution in [2.45, 2.75) is 39.0 Å². The molecule has 1 aromatic carbocycles. The zero-order valence-corrected chi connectivity index (χ0v) is 12.7. The Morgan fingerprint density at radius 3 is 2.35 bits per heavy atom. The van der Waals surface area contributed by atoms with Crippen molar-refractivity contribution in [1.82, 2.24) is 0 Å². The lowest BCUT2D eigenvalue weighted by atomic mass is 9.93. The van der Waals surface area contributed by atoms with Crippen LogP contribution < -0.4 is 10.5 Å². The van der Waals surface area contributed by atoms with Gasteiger partial charge in [-0.1, -0.05) is 36.7 Å². The molecule has 0 bridgehead atoms. The zero-order valence-electron chi connectivity index (χ0n) is 11.1. The molecule has 17 heavy (non-hydrogen) atoms. The molecule has 0 aliphatic rings. The SMILES string of the molecule is COc1cc(C(C)C)c(Br)cc1C(C)CCN. The third-order valence-corrected chi connectivity index (χ3v) is 3.79. The maximum atomic E-state index is 5.62. The molecule has 0 aliphatic heterocycles. The van der Waals surface area contributed by atoms with Gasteiger partial charge < -0.3 is 10.5 Å². The van der Waals surface area contributed by atoms with Crippen LogP contribution in [0, 0.1) is 0 Å². The van der Waals surface area contributed by atoms with Gasteiger partial charge in [0.2, 0.25) is 0 Å². The molecule has 0 fully saturated rings. The lowest BCUT2D eigenvalue weighted by Gasteiger charge is -2.19. The second-order valence-electron chi connectivity index (χ2n) is 4.75. The van der Waals surface area contributed by atoms with Crippen LogP contribution in [0.5, 0.6) is 5.75 Å². The Morgan fingerprint density at radius 1 is 1.24 bits per heavy atom. The number of ether oxygens (including phenoxy) is 1. The summed E-state index contributed by atoms with van der Waals surface area (Å²) in [6.07, 6.45) is 0.976. The average Bonchev–Trinajstić information content (AvgIpc) is 2.28. The number of hydrogen-bond acceptors (Lipinski definition) is 2. The summed E-state index contributed by atoms with van der Waals surface area (Å²) < 4.78 is 6.66. The van der Waals surface area contributed by atoms with Gasteiger partial charge in [-0.05, 0) is 48.1 Å². The Balaban J connectivity index is 3.18. The summed E-state index contributed by atoms with van der Waals surface area (Å²) in [5.74, 6) is 1.88. The van der Waals surface area contributed by atoms with E-state index in [1.807, 2.05) is 0 Å². The number of hydrogen-bond donors (Lipinski definition) is 1. The number of halogens is 1. The fourth-order valence-electron chi connectivity index (χ4n) is 1.99. The fourth-order valence-corrected chi connectivity index (χ4v) is 2.81. The van der Waals surface area contributed by atoms with E-state index in [2.05, 4.69) is 48.8 Å². The molecule has 1 rings (SSSR count). The summed E-state index contributed by atoms with van der Waals surface area (Å²) in [4.78, 5) is 0. The minimum atomic E-state index is 0.424. The van der Waals surface area contributed by atoms with E-state index < -0.39 is 0 Å². The molecule has 0 aromatic heterocycles. The van der Waals surface area contributed by atoms with Crippen molar-refractivity contribution in [1.29, 1.82) is 0 Å². The monoisotopic (exact) mass is 299 g/mol. The van der Waals surface area contributed by atoms with E-state index in [1.165, 1.54) is 11.1 Å². The smallest absolute Gasteiger partial charge is 0.122 e. The highest BCUT2D eigenvalue weighted by Gasteiger charge is 2.15. The topological polar surface area (TPSA) is 35.2 Å². The van der Waals surface area contributed by atoms with Crippen LogP contribution in [0.15, 0.2) is 16.6 Å². The zero-order chi connectivity index (χ0) is 13.0. The molecule has 0 saturated carbocycles. The van der Waals surface area contributed by atoms with Crippen LogP contribution >= 0.6 is 15.9 Å². The largest absolute Gasteiger partial charge is 0.496 e. The number of benzene rings is 1. The number of rotatable bonds is 5. The molecule has 0 heterocycles. The van der Waals surface area contributed by atoms with Crippen LogP contribution in [0.4, 0.5) is 0 Å². The van der Waals surface area contributed by atoms with Crippen LogP contribution in [0.2, 0.25) is 0 Å². The Morgan fingerprint density at radius 2 is 1.88 bits per heavy atom. The van der Waals surface area contributed by atoms with Gasteiger partial charge in [-0.3, -0.25) is 0 Å². The van der Waals surface area contributed by atoms with Crippen molar-refractivity contribution >= 4 is 15.9 Å². The summed E-state index contributed by atoms with van der Waals surface area (Å²) in [5, 5.41) is 0. The Bertz CT molecular complexity index is 377. The summed E-state index contributed by atoms with van der Waals surface area (Å²) >= 11 is 3.64. The summed E-state index contributed by atoms with van der Waals surface area (Å²) in [7, 11) is 1.73. The molecule has 0 aliphatic carbocycles. The highest BCUT2D eigenvalue weighted by atomic mass is 79.9. The van der Waals surface area contributed by atoms with Gasteiger partial charge >= 0.3 is 0 Å². The van der Waals surface area contributed by atoms with Gasteiger partial charge in [-0.25, -0.2) is 0 Å². The molecule has 96 valence electrons. The van der Waals surface area contributed by atoms with Crippen LogP contribution in [0.3, 0.4) is 0 Å². The van der Waals surface area contributed by atoms with E-state index in [0.29, 0.717) is 18.4 Å². The average molecular weight is 300 g/mol. The van der Waals surface area contributed by atoms with Crippen LogP contribution in [0.25, 0.3) is 0 Å². The van der Waals surface area contributed by atoms with Crippen LogP contribution in [-0.4, -0.2) is 13.7 Å². The van der Waals surface area contributed by atoms with Gasteiger partial charge in [0.1, 0.15) is 5.75 Å². The van der Waals surface area contributed by atoms with Crippen molar-refractivity contribution in [2.75, 3.05) is 13.7 Å². The van der Waals surface area contributed by atoms with Crippen molar-refractivity contribution < 1.29 is 4.74 Å². The molecule has 1 unspecified atom stereocenters. The number of nitrogens with two attached hydrogens (primary N) is 1. The third kappa shape index (κ3) is 3.46. The molecule has 0 radical (unpaired) electrons. The first-order chi connectivity index (χ1) is 8.01. The van der Waals surface area contributed by atoms with E-state index in [0.717, 1.165) is 16.6 Å². The normalized spacial score (nSPS) is 12.9. The van der Waals surface area contributed by atoms with E-state index >= 15 is 0 Å². The molecule has 0 amide bonds. The lowest BCUT2D eigenvalue weighted by molar-refractivity contribution is 0.404. The fraction of sp³-hybridized carbons (Fsp3) is 0.571. The first kappa shape index (κ1) is 14.5. The van der Waals surface area contributed by atoms with Gasteiger partial charge in [-0.15, -0.1) is 0 Å². The summed E-state index contributed by atoms with van der Waals surface area (Å²) in [6.45, 7) is 7.26. The van der Waals surface area contributed by atoms with E-state index in [1.54, 1.807) is 7.11 Å². The molecular weight excluding hydrogens is 278 g/mol. The number of methoxy groups -OCH3 is 1. The predicted octanol–water partition coefficient (Wildman–Crippen LogP) is 4.03. The summed E-state index contributed by atoms with van der Waals surface area (Å²) in [5.41, 5.74) is 8.14. The van der Waals surface area contributed by atoms with Gasteiger partial charge in [0.15, 0.2) is 0 Å². The van der Waals surface area contributed by atoms with Crippen molar-refractivity contribution in [2.24, 2.45) is 5.73 Å². The lowest BCUT2D eigenvalue weighted by Crippen LogP contribution is -2.06. The third-order valence-electron chi connectivity index (χ3n) is 3.10. The van der Waals surface area contributed by atoms with E-state index in [4.69, 9.17) is 10.5 Å². The Labute approximate surface area is 113 Å². The van der Waals surface area contributed by atoms with Crippen molar-refractivity contribution in [3.8, 4) is 5.75 Å². The second kappa shape index (κ2) is 6.41. The van der Waals surface area contributed by atoms with Crippen molar-refractivity contribution in [3.05, 3.63) is 27.7 Å². The minimum Gasteiger partial charge on any atom is -0.496 e. The van der Waals surface area contributed by atoms with E-state index in [9.17, 15) is 0 Å². The predicted molar refractivity (Wildman–Crippen MR) is 76.9 cm³/mol. The maximum Gasteiger partial charge on any atom is 0.122 e. The molecule has 2 nitrogen and oxygen atoms in total. The van der Waals surface area contributed by atoms with Gasteiger partial charge in [0, 0.05) is 4.47 Å². The van der Waals surface area contributed by atoms with Crippen LogP contribution in [-0.2, 0) is 0 Å². The highest BCUT2D eigenvalue weighted by Crippen LogP contribution is 2.36. The Kier molecular flexibility index (Phi) is 5.47. The first-order valence-electron chi connectivity index (χ1n) is 6.08. The van der Waals surface area contributed by atoms with Crippen LogP contribution in [0.1, 0.15) is 50.2 Å². The Hall–Kier alpha value is -0.540.